The number of fused-ring (bicyclic) bond motifs is 1. The Morgan fingerprint density at radius 2 is 2.00 bits per heavy atom. The summed E-state index contributed by atoms with van der Waals surface area (Å²) >= 11 is 0. The lowest BCUT2D eigenvalue weighted by atomic mass is 9.74. The summed E-state index contributed by atoms with van der Waals surface area (Å²) in [5, 5.41) is 10.1. The molecule has 1 aromatic carbocycles. The molecular formula is C25H31N3O2. The first-order chi connectivity index (χ1) is 14.8. The van der Waals surface area contributed by atoms with Gasteiger partial charge in [0.1, 0.15) is 6.61 Å². The van der Waals surface area contributed by atoms with Crippen molar-refractivity contribution in [2.45, 2.75) is 37.4 Å². The summed E-state index contributed by atoms with van der Waals surface area (Å²) in [5.74, 6) is 6.49. The van der Waals surface area contributed by atoms with Crippen molar-refractivity contribution in [1.29, 1.82) is 0 Å². The predicted octanol–water partition coefficient (Wildman–Crippen LogP) is 2.50. The molecule has 2 fully saturated rings. The van der Waals surface area contributed by atoms with Crippen LogP contribution in [-0.4, -0.2) is 71.9 Å². The Labute approximate surface area is 179 Å². The van der Waals surface area contributed by atoms with Crippen molar-refractivity contribution in [2.75, 3.05) is 40.0 Å². The first-order valence-corrected chi connectivity index (χ1v) is 10.9. The van der Waals surface area contributed by atoms with Crippen molar-refractivity contribution in [3.8, 4) is 11.8 Å². The Morgan fingerprint density at radius 3 is 2.73 bits per heavy atom. The Kier molecular flexibility index (Phi) is 7.14. The molecule has 2 saturated heterocycles. The van der Waals surface area contributed by atoms with E-state index in [0.717, 1.165) is 31.7 Å². The molecule has 2 aliphatic heterocycles. The van der Waals surface area contributed by atoms with Gasteiger partial charge in [-0.25, -0.2) is 0 Å². The Bertz CT molecular complexity index is 859. The minimum atomic E-state index is 0.207. The lowest BCUT2D eigenvalue weighted by Gasteiger charge is -2.57. The zero-order chi connectivity index (χ0) is 20.8. The maximum atomic E-state index is 10.1. The number of rotatable bonds is 5. The largest absolute Gasteiger partial charge is 0.395 e. The summed E-state index contributed by atoms with van der Waals surface area (Å²) in [6.45, 7) is 4.80. The molecule has 30 heavy (non-hydrogen) atoms. The normalized spacial score (nSPS) is 24.7. The van der Waals surface area contributed by atoms with E-state index in [4.69, 9.17) is 4.74 Å². The maximum Gasteiger partial charge on any atom is 0.107 e. The average molecular weight is 406 g/mol. The highest BCUT2D eigenvalue weighted by atomic mass is 16.5. The molecule has 2 aliphatic rings. The third kappa shape index (κ3) is 4.74. The molecule has 0 unspecified atom stereocenters. The van der Waals surface area contributed by atoms with Crippen molar-refractivity contribution in [2.24, 2.45) is 0 Å². The van der Waals surface area contributed by atoms with E-state index in [1.807, 2.05) is 18.5 Å². The standard InChI is InChI=1S/C25H31N3O2/c1-30-15-5-7-20-8-10-22(11-9-20)25-23-18-27(17-21-6-4-12-26-16-21)13-2-3-14-28(23)24(25)19-29/h4,6,8-12,16,23-25,29H,2-3,13-15,17-19H2,1H3/t23-,24-,25+/m0/s1. The van der Waals surface area contributed by atoms with Crippen LogP contribution in [0.25, 0.3) is 0 Å². The average Bonchev–Trinajstić information content (AvgIpc) is 2.76. The summed E-state index contributed by atoms with van der Waals surface area (Å²) in [6, 6.07) is 13.4. The minimum Gasteiger partial charge on any atom is -0.395 e. The highest BCUT2D eigenvalue weighted by Crippen LogP contribution is 2.42. The van der Waals surface area contributed by atoms with Crippen LogP contribution in [0.4, 0.5) is 0 Å². The van der Waals surface area contributed by atoms with Crippen LogP contribution in [0.2, 0.25) is 0 Å². The summed E-state index contributed by atoms with van der Waals surface area (Å²) < 4.78 is 5.00. The summed E-state index contributed by atoms with van der Waals surface area (Å²) in [5.41, 5.74) is 3.57. The number of aliphatic hydroxyl groups is 1. The van der Waals surface area contributed by atoms with E-state index in [1.165, 1.54) is 24.0 Å². The van der Waals surface area contributed by atoms with Crippen LogP contribution < -0.4 is 0 Å². The number of methoxy groups -OCH3 is 1. The van der Waals surface area contributed by atoms with Gasteiger partial charge in [-0.1, -0.05) is 30.0 Å². The zero-order valence-corrected chi connectivity index (χ0v) is 17.7. The van der Waals surface area contributed by atoms with Crippen molar-refractivity contribution < 1.29 is 9.84 Å². The molecule has 5 heteroatoms. The van der Waals surface area contributed by atoms with Crippen LogP contribution >= 0.6 is 0 Å². The fourth-order valence-electron chi connectivity index (χ4n) is 4.90. The van der Waals surface area contributed by atoms with Crippen LogP contribution in [0.5, 0.6) is 0 Å². The predicted molar refractivity (Wildman–Crippen MR) is 118 cm³/mol. The van der Waals surface area contributed by atoms with Gasteiger partial charge >= 0.3 is 0 Å². The molecule has 4 rings (SSSR count). The van der Waals surface area contributed by atoms with E-state index in [2.05, 4.69) is 57.0 Å². The van der Waals surface area contributed by atoms with E-state index in [9.17, 15) is 5.11 Å². The van der Waals surface area contributed by atoms with Gasteiger partial charge in [-0.2, -0.15) is 0 Å². The maximum absolute atomic E-state index is 10.1. The second kappa shape index (κ2) is 10.2. The highest BCUT2D eigenvalue weighted by Gasteiger charge is 2.48. The molecule has 0 amide bonds. The Hall–Kier alpha value is -2.23. The fraction of sp³-hybridized carbons (Fsp3) is 0.480. The van der Waals surface area contributed by atoms with Gasteiger partial charge < -0.3 is 9.84 Å². The lowest BCUT2D eigenvalue weighted by Crippen LogP contribution is -2.67. The third-order valence-corrected chi connectivity index (χ3v) is 6.33. The quantitative estimate of drug-likeness (QED) is 0.775. The molecule has 3 atom stereocenters. The molecule has 0 aliphatic carbocycles. The smallest absolute Gasteiger partial charge is 0.107 e. The molecule has 158 valence electrons. The van der Waals surface area contributed by atoms with Crippen molar-refractivity contribution in [3.63, 3.8) is 0 Å². The van der Waals surface area contributed by atoms with Crippen molar-refractivity contribution >= 4 is 0 Å². The van der Waals surface area contributed by atoms with Gasteiger partial charge in [-0.3, -0.25) is 14.8 Å². The molecule has 1 N–H and O–H groups in total. The summed E-state index contributed by atoms with van der Waals surface area (Å²) in [6.07, 6.45) is 6.17. The third-order valence-electron chi connectivity index (χ3n) is 6.33. The second-order valence-corrected chi connectivity index (χ2v) is 8.24. The van der Waals surface area contributed by atoms with Gasteiger partial charge in [0, 0.05) is 56.2 Å². The van der Waals surface area contributed by atoms with Crippen LogP contribution in [0.1, 0.15) is 35.4 Å². The SMILES string of the molecule is COCC#Cc1ccc([C@H]2[C@H](CO)N3CCCCN(Cc4cccnc4)C[C@@H]23)cc1. The Morgan fingerprint density at radius 1 is 1.17 bits per heavy atom. The van der Waals surface area contributed by atoms with Gasteiger partial charge in [0.05, 0.1) is 6.61 Å². The number of benzene rings is 1. The number of ether oxygens (including phenoxy) is 1. The summed E-state index contributed by atoms with van der Waals surface area (Å²) in [4.78, 5) is 9.35. The monoisotopic (exact) mass is 405 g/mol. The molecule has 0 radical (unpaired) electrons. The number of aliphatic hydroxyl groups excluding tert-OH is 1. The summed E-state index contributed by atoms with van der Waals surface area (Å²) in [7, 11) is 1.65. The van der Waals surface area contributed by atoms with E-state index >= 15 is 0 Å². The second-order valence-electron chi connectivity index (χ2n) is 8.24. The highest BCUT2D eigenvalue weighted by molar-refractivity contribution is 5.39. The van der Waals surface area contributed by atoms with Crippen molar-refractivity contribution in [1.82, 2.24) is 14.8 Å². The van der Waals surface area contributed by atoms with Gasteiger partial charge in [-0.15, -0.1) is 0 Å². The van der Waals surface area contributed by atoms with Gasteiger partial charge in [-0.05, 0) is 55.3 Å². The van der Waals surface area contributed by atoms with Gasteiger partial charge in [0.2, 0.25) is 0 Å². The molecule has 2 aromatic rings. The van der Waals surface area contributed by atoms with Crippen LogP contribution in [0, 0.1) is 11.8 Å². The van der Waals surface area contributed by atoms with Gasteiger partial charge in [0.15, 0.2) is 0 Å². The van der Waals surface area contributed by atoms with Crippen molar-refractivity contribution in [3.05, 3.63) is 65.5 Å². The van der Waals surface area contributed by atoms with Gasteiger partial charge in [0.25, 0.3) is 0 Å². The lowest BCUT2D eigenvalue weighted by molar-refractivity contribution is -0.0655. The first kappa shape index (κ1) is 21.0. The zero-order valence-electron chi connectivity index (χ0n) is 17.7. The molecule has 5 nitrogen and oxygen atoms in total. The molecule has 0 bridgehead atoms. The topological polar surface area (TPSA) is 48.8 Å². The van der Waals surface area contributed by atoms with E-state index in [0.29, 0.717) is 18.6 Å². The number of aromatic nitrogens is 1. The number of nitrogens with zero attached hydrogens (tertiary/aromatic N) is 3. The van der Waals surface area contributed by atoms with Crippen LogP contribution in [0.3, 0.4) is 0 Å². The van der Waals surface area contributed by atoms with E-state index < -0.39 is 0 Å². The number of hydrogen-bond acceptors (Lipinski definition) is 5. The molecule has 0 spiro atoms. The fourth-order valence-corrected chi connectivity index (χ4v) is 4.90. The van der Waals surface area contributed by atoms with Crippen LogP contribution in [-0.2, 0) is 11.3 Å². The van der Waals surface area contributed by atoms with Crippen LogP contribution in [0.15, 0.2) is 48.8 Å². The molecule has 3 heterocycles. The first-order valence-electron chi connectivity index (χ1n) is 10.9. The number of hydrogen-bond donors (Lipinski definition) is 1. The molecule has 0 saturated carbocycles. The number of pyridine rings is 1. The Balaban J connectivity index is 1.50. The van der Waals surface area contributed by atoms with E-state index in [1.54, 1.807) is 7.11 Å². The van der Waals surface area contributed by atoms with E-state index in [-0.39, 0.29) is 12.6 Å². The molecular weight excluding hydrogens is 374 g/mol. The molecule has 1 aromatic heterocycles. The minimum absolute atomic E-state index is 0.207.